The molecule has 2 aromatic carbocycles. The first-order chi connectivity index (χ1) is 18.2. The van der Waals surface area contributed by atoms with Crippen LogP contribution in [0.4, 0.5) is 0 Å². The molecular weight excluding hydrogens is 482 g/mol. The van der Waals surface area contributed by atoms with Gasteiger partial charge in [0.25, 0.3) is 0 Å². The molecule has 1 unspecified atom stereocenters. The molecule has 3 atom stereocenters. The monoisotopic (exact) mass is 521 g/mol. The number of aryl methyl sites for hydroxylation is 1. The maximum Gasteiger partial charge on any atom is 0.326 e. The van der Waals surface area contributed by atoms with Crippen molar-refractivity contribution in [3.05, 3.63) is 71.8 Å². The average molecular weight is 522 g/mol. The van der Waals surface area contributed by atoms with Gasteiger partial charge in [0.2, 0.25) is 17.7 Å². The van der Waals surface area contributed by atoms with Gasteiger partial charge in [-0.15, -0.1) is 0 Å². The van der Waals surface area contributed by atoms with Gasteiger partial charge in [-0.1, -0.05) is 74.5 Å². The third-order valence-corrected chi connectivity index (χ3v) is 6.62. The summed E-state index contributed by atoms with van der Waals surface area (Å²) < 4.78 is 0. The van der Waals surface area contributed by atoms with Crippen molar-refractivity contribution in [2.24, 2.45) is 11.8 Å². The molecular formula is C30H39N3O5. The molecule has 38 heavy (non-hydrogen) atoms. The van der Waals surface area contributed by atoms with Crippen LogP contribution in [-0.4, -0.2) is 46.9 Å². The van der Waals surface area contributed by atoms with E-state index in [9.17, 15) is 24.3 Å². The summed E-state index contributed by atoms with van der Waals surface area (Å²) in [6, 6.07) is 15.9. The highest BCUT2D eigenvalue weighted by atomic mass is 16.4. The zero-order chi connectivity index (χ0) is 27.5. The van der Waals surface area contributed by atoms with E-state index < -0.39 is 35.9 Å². The number of benzene rings is 2. The summed E-state index contributed by atoms with van der Waals surface area (Å²) >= 11 is 0. The Morgan fingerprint density at radius 1 is 0.789 bits per heavy atom. The molecule has 1 saturated carbocycles. The Morgan fingerprint density at radius 2 is 1.34 bits per heavy atom. The number of hydrogen-bond acceptors (Lipinski definition) is 4. The molecule has 1 fully saturated rings. The number of carbonyl (C=O) groups is 4. The molecule has 0 heterocycles. The predicted octanol–water partition coefficient (Wildman–Crippen LogP) is 3.25. The fraction of sp³-hybridized carbons (Fsp3) is 0.467. The smallest absolute Gasteiger partial charge is 0.326 e. The first-order valence-corrected chi connectivity index (χ1v) is 13.4. The minimum atomic E-state index is -1.15. The molecule has 0 saturated heterocycles. The van der Waals surface area contributed by atoms with Gasteiger partial charge in [-0.3, -0.25) is 14.4 Å². The van der Waals surface area contributed by atoms with E-state index in [1.165, 1.54) is 0 Å². The van der Waals surface area contributed by atoms with Crippen LogP contribution in [0.5, 0.6) is 0 Å². The van der Waals surface area contributed by atoms with E-state index in [2.05, 4.69) is 16.0 Å². The lowest BCUT2D eigenvalue weighted by atomic mass is 10.00. The first-order valence-electron chi connectivity index (χ1n) is 13.4. The standard InChI is InChI=1S/C30H39N3O5/c1-20(2)17-25(29(36)33-26(30(37)38)18-22-11-7-4-8-12-22)32-28(35)24(31-27(34)19-23-13-14-23)16-15-21-9-5-3-6-10-21/h3-12,20,23-26H,13-19H2,1-2H3,(H,31,34)(H,32,35)(H,33,36)(H,37,38)/t24-,25?,26-/m0/s1. The highest BCUT2D eigenvalue weighted by Crippen LogP contribution is 2.32. The summed E-state index contributed by atoms with van der Waals surface area (Å²) in [6.45, 7) is 3.85. The van der Waals surface area contributed by atoms with E-state index >= 15 is 0 Å². The number of nitrogens with one attached hydrogen (secondary N) is 3. The summed E-state index contributed by atoms with van der Waals surface area (Å²) in [4.78, 5) is 51.1. The van der Waals surface area contributed by atoms with Crippen LogP contribution in [0.3, 0.4) is 0 Å². The third kappa shape index (κ3) is 10.00. The van der Waals surface area contributed by atoms with E-state index in [4.69, 9.17) is 0 Å². The lowest BCUT2D eigenvalue weighted by molar-refractivity contribution is -0.142. The third-order valence-electron chi connectivity index (χ3n) is 6.62. The Bertz CT molecular complexity index is 1070. The van der Waals surface area contributed by atoms with Crippen LogP contribution in [0.15, 0.2) is 60.7 Å². The van der Waals surface area contributed by atoms with Crippen molar-refractivity contribution in [1.82, 2.24) is 16.0 Å². The minimum Gasteiger partial charge on any atom is -0.480 e. The molecule has 4 N–H and O–H groups in total. The van der Waals surface area contributed by atoms with Gasteiger partial charge in [-0.25, -0.2) is 4.79 Å². The van der Waals surface area contributed by atoms with E-state index in [0.29, 0.717) is 31.6 Å². The van der Waals surface area contributed by atoms with Gasteiger partial charge in [0.05, 0.1) is 0 Å². The number of carboxylic acid groups (broad SMARTS) is 1. The Balaban J connectivity index is 1.69. The number of aliphatic carboxylic acids is 1. The second kappa shape index (κ2) is 14.3. The first kappa shape index (κ1) is 28.9. The zero-order valence-corrected chi connectivity index (χ0v) is 22.2. The number of rotatable bonds is 15. The molecule has 0 aliphatic heterocycles. The van der Waals surface area contributed by atoms with Crippen molar-refractivity contribution in [2.75, 3.05) is 0 Å². The highest BCUT2D eigenvalue weighted by Gasteiger charge is 2.31. The molecule has 0 bridgehead atoms. The normalized spacial score (nSPS) is 15.2. The van der Waals surface area contributed by atoms with Crippen LogP contribution in [-0.2, 0) is 32.0 Å². The largest absolute Gasteiger partial charge is 0.480 e. The summed E-state index contributed by atoms with van der Waals surface area (Å²) in [5, 5.41) is 18.0. The lowest BCUT2D eigenvalue weighted by Gasteiger charge is -2.25. The van der Waals surface area contributed by atoms with Crippen LogP contribution in [0.1, 0.15) is 57.1 Å². The Labute approximate surface area is 224 Å². The highest BCUT2D eigenvalue weighted by molar-refractivity contribution is 5.93. The molecule has 3 amide bonds. The Kier molecular flexibility index (Phi) is 10.9. The zero-order valence-electron chi connectivity index (χ0n) is 22.2. The number of amides is 3. The fourth-order valence-corrected chi connectivity index (χ4v) is 4.36. The van der Waals surface area contributed by atoms with Gasteiger partial charge < -0.3 is 21.1 Å². The van der Waals surface area contributed by atoms with Crippen molar-refractivity contribution >= 4 is 23.7 Å². The van der Waals surface area contributed by atoms with Crippen molar-refractivity contribution in [2.45, 2.75) is 76.9 Å². The summed E-state index contributed by atoms with van der Waals surface area (Å²) in [5.41, 5.74) is 1.83. The van der Waals surface area contributed by atoms with Gasteiger partial charge in [0.15, 0.2) is 0 Å². The molecule has 2 aromatic rings. The maximum atomic E-state index is 13.4. The van der Waals surface area contributed by atoms with Crippen LogP contribution in [0.2, 0.25) is 0 Å². The quantitative estimate of drug-likeness (QED) is 0.286. The van der Waals surface area contributed by atoms with Crippen molar-refractivity contribution in [3.8, 4) is 0 Å². The molecule has 1 aliphatic rings. The van der Waals surface area contributed by atoms with E-state index in [-0.39, 0.29) is 18.2 Å². The van der Waals surface area contributed by atoms with Crippen molar-refractivity contribution in [1.29, 1.82) is 0 Å². The molecule has 3 rings (SSSR count). The summed E-state index contributed by atoms with van der Waals surface area (Å²) in [5.74, 6) is -1.87. The van der Waals surface area contributed by atoms with E-state index in [1.54, 1.807) is 12.1 Å². The van der Waals surface area contributed by atoms with Gasteiger partial charge in [-0.05, 0) is 55.1 Å². The Morgan fingerprint density at radius 3 is 1.89 bits per heavy atom. The van der Waals surface area contributed by atoms with E-state index in [0.717, 1.165) is 24.0 Å². The molecule has 8 nitrogen and oxygen atoms in total. The topological polar surface area (TPSA) is 125 Å². The fourth-order valence-electron chi connectivity index (χ4n) is 4.36. The van der Waals surface area contributed by atoms with Gasteiger partial charge in [0.1, 0.15) is 18.1 Å². The van der Waals surface area contributed by atoms with Crippen molar-refractivity contribution in [3.63, 3.8) is 0 Å². The number of carbonyl (C=O) groups excluding carboxylic acids is 3. The van der Waals surface area contributed by atoms with Crippen LogP contribution >= 0.6 is 0 Å². The minimum absolute atomic E-state index is 0.0654. The predicted molar refractivity (Wildman–Crippen MR) is 145 cm³/mol. The average Bonchev–Trinajstić information content (AvgIpc) is 3.70. The van der Waals surface area contributed by atoms with Crippen LogP contribution < -0.4 is 16.0 Å². The van der Waals surface area contributed by atoms with Gasteiger partial charge >= 0.3 is 5.97 Å². The SMILES string of the molecule is CC(C)CC(NC(=O)[C@H](CCc1ccccc1)NC(=O)CC1CC1)C(=O)N[C@@H](Cc1ccccc1)C(=O)O. The molecule has 0 radical (unpaired) electrons. The van der Waals surface area contributed by atoms with Gasteiger partial charge in [0, 0.05) is 12.8 Å². The van der Waals surface area contributed by atoms with E-state index in [1.807, 2.05) is 62.4 Å². The second-order valence-corrected chi connectivity index (χ2v) is 10.6. The van der Waals surface area contributed by atoms with Crippen molar-refractivity contribution < 1.29 is 24.3 Å². The molecule has 0 spiro atoms. The second-order valence-electron chi connectivity index (χ2n) is 10.6. The van der Waals surface area contributed by atoms with Crippen LogP contribution in [0, 0.1) is 11.8 Å². The summed E-state index contributed by atoms with van der Waals surface area (Å²) in [7, 11) is 0. The number of hydrogen-bond donors (Lipinski definition) is 4. The molecule has 1 aliphatic carbocycles. The van der Waals surface area contributed by atoms with Crippen LogP contribution in [0.25, 0.3) is 0 Å². The maximum absolute atomic E-state index is 13.4. The summed E-state index contributed by atoms with van der Waals surface area (Å²) in [6.07, 6.45) is 3.87. The molecule has 0 aromatic heterocycles. The Hall–Kier alpha value is -3.68. The molecule has 8 heteroatoms. The van der Waals surface area contributed by atoms with Gasteiger partial charge in [-0.2, -0.15) is 0 Å². The molecule has 204 valence electrons. The lowest BCUT2D eigenvalue weighted by Crippen LogP contribution is -2.56. The number of carboxylic acids is 1.